The normalized spacial score (nSPS) is 10.6. The summed E-state index contributed by atoms with van der Waals surface area (Å²) in [6.07, 6.45) is 0.0293. The van der Waals surface area contributed by atoms with E-state index in [1.54, 1.807) is 0 Å². The number of ether oxygens (including phenoxy) is 1. The summed E-state index contributed by atoms with van der Waals surface area (Å²) in [4.78, 5) is 13.1. The Bertz CT molecular complexity index is 919. The summed E-state index contributed by atoms with van der Waals surface area (Å²) in [7, 11) is 0. The van der Waals surface area contributed by atoms with Crippen LogP contribution in [-0.2, 0) is 4.79 Å². The Morgan fingerprint density at radius 2 is 1.34 bits per heavy atom. The van der Waals surface area contributed by atoms with Gasteiger partial charge < -0.3 is 15.4 Å². The molecule has 0 saturated heterocycles. The molecule has 2 N–H and O–H groups in total. The lowest BCUT2D eigenvalue weighted by atomic mass is 9.90. The second-order valence-electron chi connectivity index (χ2n) is 6.86. The van der Waals surface area contributed by atoms with Crippen molar-refractivity contribution >= 4 is 28.9 Å². The SMILES string of the molecule is CC(C)Oc1ccccc1NC(=S)NC(=O)C(c1ccccc1)c1ccccc1. The number of amides is 1. The van der Waals surface area contributed by atoms with E-state index in [-0.39, 0.29) is 17.1 Å². The van der Waals surface area contributed by atoms with Crippen LogP contribution in [0, 0.1) is 0 Å². The highest BCUT2D eigenvalue weighted by Gasteiger charge is 2.23. The average Bonchev–Trinajstić information content (AvgIpc) is 2.71. The van der Waals surface area contributed by atoms with Gasteiger partial charge in [0.25, 0.3) is 0 Å². The van der Waals surface area contributed by atoms with E-state index in [0.717, 1.165) is 11.1 Å². The first kappa shape index (κ1) is 20.6. The zero-order valence-electron chi connectivity index (χ0n) is 16.5. The van der Waals surface area contributed by atoms with Gasteiger partial charge >= 0.3 is 0 Å². The summed E-state index contributed by atoms with van der Waals surface area (Å²) >= 11 is 5.41. The van der Waals surface area contributed by atoms with Gasteiger partial charge in [-0.2, -0.15) is 0 Å². The fourth-order valence-electron chi connectivity index (χ4n) is 3.05. The lowest BCUT2D eigenvalue weighted by molar-refractivity contribution is -0.120. The molecule has 1 amide bonds. The molecule has 3 rings (SSSR count). The van der Waals surface area contributed by atoms with Crippen LogP contribution >= 0.6 is 12.2 Å². The van der Waals surface area contributed by atoms with E-state index >= 15 is 0 Å². The Morgan fingerprint density at radius 1 is 0.828 bits per heavy atom. The summed E-state index contributed by atoms with van der Waals surface area (Å²) < 4.78 is 5.80. The molecule has 0 saturated carbocycles. The molecule has 0 radical (unpaired) electrons. The van der Waals surface area contributed by atoms with Crippen molar-refractivity contribution < 1.29 is 9.53 Å². The van der Waals surface area contributed by atoms with Gasteiger partial charge in [-0.25, -0.2) is 0 Å². The van der Waals surface area contributed by atoms with Gasteiger partial charge in [-0.3, -0.25) is 4.79 Å². The van der Waals surface area contributed by atoms with Crippen LogP contribution in [0.2, 0.25) is 0 Å². The number of thiocarbonyl (C=S) groups is 1. The van der Waals surface area contributed by atoms with E-state index in [9.17, 15) is 4.79 Å². The second kappa shape index (κ2) is 9.85. The van der Waals surface area contributed by atoms with Crippen LogP contribution in [0.5, 0.6) is 5.75 Å². The van der Waals surface area contributed by atoms with Crippen LogP contribution < -0.4 is 15.4 Å². The predicted octanol–water partition coefficient (Wildman–Crippen LogP) is 5.12. The number of rotatable bonds is 6. The molecule has 0 heterocycles. The van der Waals surface area contributed by atoms with Crippen molar-refractivity contribution in [2.24, 2.45) is 0 Å². The molecule has 0 fully saturated rings. The number of carbonyl (C=O) groups excluding carboxylic acids is 1. The first-order valence-electron chi connectivity index (χ1n) is 9.52. The molecule has 5 heteroatoms. The molecule has 0 atom stereocenters. The van der Waals surface area contributed by atoms with Crippen LogP contribution in [0.4, 0.5) is 5.69 Å². The summed E-state index contributed by atoms with van der Waals surface area (Å²) in [6.45, 7) is 3.92. The molecule has 0 aromatic heterocycles. The molecule has 148 valence electrons. The Morgan fingerprint density at radius 3 is 1.90 bits per heavy atom. The number of benzene rings is 3. The first-order chi connectivity index (χ1) is 14.0. The minimum absolute atomic E-state index is 0.0293. The van der Waals surface area contributed by atoms with Crippen molar-refractivity contribution in [2.45, 2.75) is 25.9 Å². The highest BCUT2D eigenvalue weighted by molar-refractivity contribution is 7.80. The molecule has 0 aliphatic rings. The van der Waals surface area contributed by atoms with Gasteiger partial charge in [0.05, 0.1) is 17.7 Å². The molecule has 0 bridgehead atoms. The van der Waals surface area contributed by atoms with E-state index < -0.39 is 5.92 Å². The second-order valence-corrected chi connectivity index (χ2v) is 7.27. The van der Waals surface area contributed by atoms with E-state index in [2.05, 4.69) is 10.6 Å². The fraction of sp³-hybridized carbons (Fsp3) is 0.167. The minimum atomic E-state index is -0.459. The maximum Gasteiger partial charge on any atom is 0.238 e. The topological polar surface area (TPSA) is 50.4 Å². The zero-order chi connectivity index (χ0) is 20.6. The lowest BCUT2D eigenvalue weighted by Gasteiger charge is -2.20. The summed E-state index contributed by atoms with van der Waals surface area (Å²) in [5, 5.41) is 6.14. The van der Waals surface area contributed by atoms with Crippen molar-refractivity contribution in [3.63, 3.8) is 0 Å². The van der Waals surface area contributed by atoms with Crippen molar-refractivity contribution in [1.82, 2.24) is 5.32 Å². The van der Waals surface area contributed by atoms with Crippen LogP contribution in [-0.4, -0.2) is 17.1 Å². The molecule has 4 nitrogen and oxygen atoms in total. The summed E-state index contributed by atoms with van der Waals surface area (Å²) in [5.74, 6) is 0.0308. The third-order valence-electron chi connectivity index (χ3n) is 4.26. The number of carbonyl (C=O) groups is 1. The van der Waals surface area contributed by atoms with E-state index in [0.29, 0.717) is 11.4 Å². The van der Waals surface area contributed by atoms with Gasteiger partial charge in [0, 0.05) is 0 Å². The number of hydrogen-bond donors (Lipinski definition) is 2. The highest BCUT2D eigenvalue weighted by Crippen LogP contribution is 2.26. The molecule has 0 aliphatic heterocycles. The van der Waals surface area contributed by atoms with E-state index in [4.69, 9.17) is 17.0 Å². The molecule has 0 unspecified atom stereocenters. The van der Waals surface area contributed by atoms with Gasteiger partial charge in [-0.15, -0.1) is 0 Å². The Hall–Kier alpha value is -3.18. The molecule has 3 aromatic rings. The standard InChI is InChI=1S/C24H24N2O2S/c1-17(2)28-21-16-10-9-15-20(21)25-24(29)26-23(27)22(18-11-5-3-6-12-18)19-13-7-4-8-14-19/h3-17,22H,1-2H3,(H2,25,26,27,29). The molecular formula is C24H24N2O2S. The smallest absolute Gasteiger partial charge is 0.238 e. The molecule has 0 spiro atoms. The zero-order valence-corrected chi connectivity index (χ0v) is 17.3. The monoisotopic (exact) mass is 404 g/mol. The predicted molar refractivity (Wildman–Crippen MR) is 121 cm³/mol. The first-order valence-corrected chi connectivity index (χ1v) is 9.93. The van der Waals surface area contributed by atoms with Gasteiger partial charge in [-0.05, 0) is 49.3 Å². The number of nitrogens with one attached hydrogen (secondary N) is 2. The quantitative estimate of drug-likeness (QED) is 0.560. The number of anilines is 1. The number of para-hydroxylation sites is 2. The van der Waals surface area contributed by atoms with Crippen molar-refractivity contribution in [3.05, 3.63) is 96.1 Å². The van der Waals surface area contributed by atoms with Crippen LogP contribution in [0.15, 0.2) is 84.9 Å². The maximum absolute atomic E-state index is 13.1. The average molecular weight is 405 g/mol. The fourth-order valence-corrected chi connectivity index (χ4v) is 3.26. The van der Waals surface area contributed by atoms with Gasteiger partial charge in [0.2, 0.25) is 5.91 Å². The number of hydrogen-bond acceptors (Lipinski definition) is 3. The van der Waals surface area contributed by atoms with Crippen molar-refractivity contribution in [1.29, 1.82) is 0 Å². The third kappa shape index (κ3) is 5.65. The summed E-state index contributed by atoms with van der Waals surface area (Å²) in [5.41, 5.74) is 2.52. The van der Waals surface area contributed by atoms with Gasteiger partial charge in [0.1, 0.15) is 5.75 Å². The molecule has 0 aliphatic carbocycles. The highest BCUT2D eigenvalue weighted by atomic mass is 32.1. The molecule has 3 aromatic carbocycles. The summed E-state index contributed by atoms with van der Waals surface area (Å²) in [6, 6.07) is 26.8. The molecule has 29 heavy (non-hydrogen) atoms. The largest absolute Gasteiger partial charge is 0.489 e. The van der Waals surface area contributed by atoms with Crippen LogP contribution in [0.25, 0.3) is 0 Å². The van der Waals surface area contributed by atoms with Gasteiger partial charge in [-0.1, -0.05) is 72.8 Å². The van der Waals surface area contributed by atoms with E-state index in [1.165, 1.54) is 0 Å². The third-order valence-corrected chi connectivity index (χ3v) is 4.47. The molecular weight excluding hydrogens is 380 g/mol. The van der Waals surface area contributed by atoms with Crippen LogP contribution in [0.3, 0.4) is 0 Å². The Balaban J connectivity index is 1.78. The van der Waals surface area contributed by atoms with Gasteiger partial charge in [0.15, 0.2) is 5.11 Å². The van der Waals surface area contributed by atoms with Crippen molar-refractivity contribution in [3.8, 4) is 5.75 Å². The van der Waals surface area contributed by atoms with E-state index in [1.807, 2.05) is 98.8 Å². The Kier molecular flexibility index (Phi) is 6.98. The maximum atomic E-state index is 13.1. The minimum Gasteiger partial charge on any atom is -0.489 e. The lowest BCUT2D eigenvalue weighted by Crippen LogP contribution is -2.38. The van der Waals surface area contributed by atoms with Crippen LogP contribution in [0.1, 0.15) is 30.9 Å². The van der Waals surface area contributed by atoms with Crippen molar-refractivity contribution in [2.75, 3.05) is 5.32 Å². The Labute approximate surface area is 176 Å².